The van der Waals surface area contributed by atoms with E-state index in [1.807, 2.05) is 0 Å². The fraction of sp³-hybridized carbons (Fsp3) is 0.786. The molecule has 1 atom stereocenters. The summed E-state index contributed by atoms with van der Waals surface area (Å²) >= 11 is 0. The molecule has 0 aliphatic heterocycles. The first kappa shape index (κ1) is 18.4. The molecule has 0 rings (SSSR count). The lowest BCUT2D eigenvalue weighted by molar-refractivity contribution is -0.143. The number of nitrogens with one attached hydrogen (secondary N) is 1. The van der Waals surface area contributed by atoms with Gasteiger partial charge in [0.25, 0.3) is 0 Å². The second kappa shape index (κ2) is 11.3. The van der Waals surface area contributed by atoms with Crippen molar-refractivity contribution >= 4 is 17.8 Å². The summed E-state index contributed by atoms with van der Waals surface area (Å²) in [5, 5.41) is 19.8. The molecular formula is C14H25NO5. The minimum Gasteiger partial charge on any atom is -0.481 e. The third-order valence-electron chi connectivity index (χ3n) is 3.04. The van der Waals surface area contributed by atoms with E-state index in [4.69, 9.17) is 10.2 Å². The fourth-order valence-corrected chi connectivity index (χ4v) is 1.86. The number of carboxylic acids is 2. The standard InChI is InChI=1S/C14H25NO5/c1-2-3-4-5-6-7-8-12(16)15-11(14(19)20)9-10-13(17)18/h11H,2-10H2,1H3,(H,15,16)(H,17,18)(H,19,20). The van der Waals surface area contributed by atoms with Gasteiger partial charge in [-0.15, -0.1) is 0 Å². The maximum atomic E-state index is 11.6. The Morgan fingerprint density at radius 3 is 2.10 bits per heavy atom. The Morgan fingerprint density at radius 2 is 1.55 bits per heavy atom. The number of hydrogen-bond donors (Lipinski definition) is 3. The molecule has 0 fully saturated rings. The molecule has 20 heavy (non-hydrogen) atoms. The van der Waals surface area contributed by atoms with Gasteiger partial charge in [0, 0.05) is 12.8 Å². The third kappa shape index (κ3) is 10.3. The highest BCUT2D eigenvalue weighted by molar-refractivity contribution is 5.83. The van der Waals surface area contributed by atoms with Crippen LogP contribution in [-0.2, 0) is 14.4 Å². The summed E-state index contributed by atoms with van der Waals surface area (Å²) in [5.74, 6) is -2.58. The van der Waals surface area contributed by atoms with Crippen LogP contribution >= 0.6 is 0 Å². The highest BCUT2D eigenvalue weighted by Gasteiger charge is 2.20. The van der Waals surface area contributed by atoms with Gasteiger partial charge >= 0.3 is 11.9 Å². The Bertz CT molecular complexity index is 317. The fourth-order valence-electron chi connectivity index (χ4n) is 1.86. The zero-order valence-corrected chi connectivity index (χ0v) is 12.1. The molecule has 0 heterocycles. The lowest BCUT2D eigenvalue weighted by Crippen LogP contribution is -2.41. The topological polar surface area (TPSA) is 104 Å². The summed E-state index contributed by atoms with van der Waals surface area (Å²) in [6.45, 7) is 2.14. The Labute approximate surface area is 119 Å². The molecule has 6 heteroatoms. The van der Waals surface area contributed by atoms with Gasteiger partial charge in [-0.3, -0.25) is 9.59 Å². The van der Waals surface area contributed by atoms with E-state index in [2.05, 4.69) is 12.2 Å². The van der Waals surface area contributed by atoms with Crippen molar-refractivity contribution in [3.05, 3.63) is 0 Å². The molecule has 3 N–H and O–H groups in total. The maximum absolute atomic E-state index is 11.6. The Kier molecular flexibility index (Phi) is 10.4. The van der Waals surface area contributed by atoms with Gasteiger partial charge in [-0.05, 0) is 12.8 Å². The van der Waals surface area contributed by atoms with E-state index >= 15 is 0 Å². The zero-order chi connectivity index (χ0) is 15.4. The van der Waals surface area contributed by atoms with E-state index < -0.39 is 18.0 Å². The second-order valence-corrected chi connectivity index (χ2v) is 4.91. The van der Waals surface area contributed by atoms with Crippen LogP contribution in [0.5, 0.6) is 0 Å². The number of unbranched alkanes of at least 4 members (excludes halogenated alkanes) is 5. The molecule has 0 aliphatic carbocycles. The Morgan fingerprint density at radius 1 is 0.950 bits per heavy atom. The molecule has 0 spiro atoms. The van der Waals surface area contributed by atoms with Crippen LogP contribution in [0.3, 0.4) is 0 Å². The third-order valence-corrected chi connectivity index (χ3v) is 3.04. The second-order valence-electron chi connectivity index (χ2n) is 4.91. The zero-order valence-electron chi connectivity index (χ0n) is 12.1. The first-order chi connectivity index (χ1) is 9.47. The lowest BCUT2D eigenvalue weighted by Gasteiger charge is -2.13. The molecule has 0 aromatic carbocycles. The van der Waals surface area contributed by atoms with Crippen LogP contribution < -0.4 is 5.32 Å². The van der Waals surface area contributed by atoms with Gasteiger partial charge in [0.05, 0.1) is 0 Å². The minimum absolute atomic E-state index is 0.0904. The van der Waals surface area contributed by atoms with Crippen molar-refractivity contribution in [2.45, 2.75) is 70.8 Å². The number of amides is 1. The Hall–Kier alpha value is -1.59. The average Bonchev–Trinajstić information content (AvgIpc) is 2.38. The summed E-state index contributed by atoms with van der Waals surface area (Å²) in [6.07, 6.45) is 6.25. The first-order valence-electron chi connectivity index (χ1n) is 7.21. The van der Waals surface area contributed by atoms with E-state index in [0.717, 1.165) is 25.7 Å². The summed E-state index contributed by atoms with van der Waals surface area (Å²) in [7, 11) is 0. The number of carboxylic acid groups (broad SMARTS) is 2. The summed E-state index contributed by atoms with van der Waals surface area (Å²) in [4.78, 5) is 32.9. The number of hydrogen-bond acceptors (Lipinski definition) is 3. The van der Waals surface area contributed by atoms with Crippen molar-refractivity contribution in [1.29, 1.82) is 0 Å². The van der Waals surface area contributed by atoms with Crippen molar-refractivity contribution in [3.8, 4) is 0 Å². The molecule has 0 aliphatic rings. The van der Waals surface area contributed by atoms with Crippen molar-refractivity contribution < 1.29 is 24.6 Å². The predicted octanol–water partition coefficient (Wildman–Crippen LogP) is 2.17. The van der Waals surface area contributed by atoms with Gasteiger partial charge in [0.2, 0.25) is 5.91 Å². The normalized spacial score (nSPS) is 11.8. The quantitative estimate of drug-likeness (QED) is 0.477. The van der Waals surface area contributed by atoms with E-state index in [9.17, 15) is 14.4 Å². The van der Waals surface area contributed by atoms with Crippen molar-refractivity contribution in [3.63, 3.8) is 0 Å². The molecule has 0 aromatic heterocycles. The Balaban J connectivity index is 3.84. The van der Waals surface area contributed by atoms with E-state index in [1.54, 1.807) is 0 Å². The largest absolute Gasteiger partial charge is 0.481 e. The van der Waals surface area contributed by atoms with Crippen molar-refractivity contribution in [1.82, 2.24) is 5.32 Å². The maximum Gasteiger partial charge on any atom is 0.326 e. The molecule has 1 unspecified atom stereocenters. The molecule has 6 nitrogen and oxygen atoms in total. The van der Waals surface area contributed by atoms with Crippen LogP contribution in [0, 0.1) is 0 Å². The monoisotopic (exact) mass is 287 g/mol. The highest BCUT2D eigenvalue weighted by Crippen LogP contribution is 2.07. The van der Waals surface area contributed by atoms with Crippen LogP contribution in [0.25, 0.3) is 0 Å². The van der Waals surface area contributed by atoms with Crippen LogP contribution in [0.2, 0.25) is 0 Å². The molecule has 0 radical (unpaired) electrons. The smallest absolute Gasteiger partial charge is 0.326 e. The minimum atomic E-state index is -1.19. The first-order valence-corrected chi connectivity index (χ1v) is 7.21. The van der Waals surface area contributed by atoms with Crippen LogP contribution in [0.1, 0.15) is 64.7 Å². The predicted molar refractivity (Wildman–Crippen MR) is 74.4 cm³/mol. The van der Waals surface area contributed by atoms with E-state index in [-0.39, 0.29) is 18.7 Å². The van der Waals surface area contributed by atoms with Crippen molar-refractivity contribution in [2.75, 3.05) is 0 Å². The molecule has 0 aromatic rings. The lowest BCUT2D eigenvalue weighted by atomic mass is 10.1. The average molecular weight is 287 g/mol. The van der Waals surface area contributed by atoms with Gasteiger partial charge < -0.3 is 15.5 Å². The summed E-state index contributed by atoms with van der Waals surface area (Å²) in [5.41, 5.74) is 0. The van der Waals surface area contributed by atoms with Gasteiger partial charge in [0.15, 0.2) is 0 Å². The van der Waals surface area contributed by atoms with E-state index in [1.165, 1.54) is 12.8 Å². The van der Waals surface area contributed by atoms with Gasteiger partial charge in [0.1, 0.15) is 6.04 Å². The SMILES string of the molecule is CCCCCCCCC(=O)NC(CCC(=O)O)C(=O)O. The molecule has 116 valence electrons. The molecule has 0 saturated carbocycles. The van der Waals surface area contributed by atoms with Gasteiger partial charge in [-0.25, -0.2) is 4.79 Å². The summed E-state index contributed by atoms with van der Waals surface area (Å²) in [6, 6.07) is -1.11. The summed E-state index contributed by atoms with van der Waals surface area (Å²) < 4.78 is 0. The highest BCUT2D eigenvalue weighted by atomic mass is 16.4. The number of aliphatic carboxylic acids is 2. The number of carbonyl (C=O) groups excluding carboxylic acids is 1. The van der Waals surface area contributed by atoms with Crippen LogP contribution in [-0.4, -0.2) is 34.1 Å². The molecule has 1 amide bonds. The number of rotatable bonds is 12. The van der Waals surface area contributed by atoms with Crippen LogP contribution in [0.4, 0.5) is 0 Å². The molecule has 0 bridgehead atoms. The number of carbonyl (C=O) groups is 3. The molecular weight excluding hydrogens is 262 g/mol. The van der Waals surface area contributed by atoms with Gasteiger partial charge in [-0.1, -0.05) is 39.0 Å². The molecule has 0 saturated heterocycles. The van der Waals surface area contributed by atoms with Gasteiger partial charge in [-0.2, -0.15) is 0 Å². The van der Waals surface area contributed by atoms with E-state index in [0.29, 0.717) is 6.42 Å². The van der Waals surface area contributed by atoms with Crippen molar-refractivity contribution in [2.24, 2.45) is 0 Å². The van der Waals surface area contributed by atoms with Crippen LogP contribution in [0.15, 0.2) is 0 Å².